The van der Waals surface area contributed by atoms with Crippen LogP contribution >= 0.6 is 34.5 Å². The summed E-state index contributed by atoms with van der Waals surface area (Å²) in [5.41, 5.74) is 0. The Bertz CT molecular complexity index is 93.6. The van der Waals surface area contributed by atoms with Gasteiger partial charge in [-0.25, -0.2) is 0 Å². The maximum atomic E-state index is 5.28. The van der Waals surface area contributed by atoms with Crippen LogP contribution < -0.4 is 0 Å². The zero-order valence-corrected chi connectivity index (χ0v) is 8.77. The molecule has 0 heterocycles. The molecule has 1 saturated carbocycles. The maximum Gasteiger partial charge on any atom is 0.133 e. The van der Waals surface area contributed by atoms with E-state index in [0.717, 1.165) is 0 Å². The first-order valence-electron chi connectivity index (χ1n) is 3.76. The second kappa shape index (κ2) is 4.78. The largest absolute Gasteiger partial charge is 0.265 e. The summed E-state index contributed by atoms with van der Waals surface area (Å²) in [4.78, 5) is 0. The number of halogens is 2. The van der Waals surface area contributed by atoms with Gasteiger partial charge in [0.1, 0.15) is 4.11 Å². The van der Waals surface area contributed by atoms with Crippen LogP contribution in [0.3, 0.4) is 0 Å². The molecular formula is C7H12ClIO. The summed E-state index contributed by atoms with van der Waals surface area (Å²) >= 11 is 7.55. The summed E-state index contributed by atoms with van der Waals surface area (Å²) in [6.07, 6.45) is 6.68. The normalized spacial score (nSPS) is 24.6. The smallest absolute Gasteiger partial charge is 0.133 e. The Hall–Kier alpha value is 0.980. The molecule has 0 spiro atoms. The second-order valence-electron chi connectivity index (χ2n) is 2.84. The average Bonchev–Trinajstić information content (AvgIpc) is 2.05. The van der Waals surface area contributed by atoms with E-state index in [4.69, 9.17) is 16.2 Å². The van der Waals surface area contributed by atoms with E-state index < -0.39 is 0 Å². The minimum atomic E-state index is 0.222. The Labute approximate surface area is 80.8 Å². The van der Waals surface area contributed by atoms with Crippen LogP contribution in [0.2, 0.25) is 0 Å². The highest BCUT2D eigenvalue weighted by molar-refractivity contribution is 14.1. The van der Waals surface area contributed by atoms with Crippen molar-refractivity contribution in [3.63, 3.8) is 0 Å². The van der Waals surface area contributed by atoms with Crippen LogP contribution in [0.4, 0.5) is 0 Å². The third kappa shape index (κ3) is 2.55. The molecule has 0 aromatic carbocycles. The average molecular weight is 275 g/mol. The summed E-state index contributed by atoms with van der Waals surface area (Å²) in [5, 5.41) is 0. The van der Waals surface area contributed by atoms with Gasteiger partial charge in [-0.05, 0) is 41.4 Å². The summed E-state index contributed by atoms with van der Waals surface area (Å²) in [7, 11) is 0. The molecule has 0 aromatic rings. The molecule has 0 radical (unpaired) electrons. The predicted octanol–water partition coefficient (Wildman–Crippen LogP) is 3.50. The maximum absolute atomic E-state index is 5.28. The first kappa shape index (κ1) is 9.07. The summed E-state index contributed by atoms with van der Waals surface area (Å²) in [6, 6.07) is 0. The highest BCUT2D eigenvalue weighted by atomic mass is 127. The van der Waals surface area contributed by atoms with Crippen molar-refractivity contribution in [2.75, 3.05) is 0 Å². The molecule has 1 nitrogen and oxygen atoms in total. The minimum Gasteiger partial charge on any atom is -0.265 e. The van der Waals surface area contributed by atoms with Gasteiger partial charge in [0.05, 0.1) is 11.9 Å². The fourth-order valence-corrected chi connectivity index (χ4v) is 2.33. The van der Waals surface area contributed by atoms with Gasteiger partial charge in [0, 0.05) is 0 Å². The van der Waals surface area contributed by atoms with Crippen molar-refractivity contribution in [2.24, 2.45) is 5.92 Å². The predicted molar refractivity (Wildman–Crippen MR) is 51.3 cm³/mol. The molecule has 60 valence electrons. The molecular weight excluding hydrogens is 262 g/mol. The van der Waals surface area contributed by atoms with E-state index in [1.54, 1.807) is 0 Å². The van der Waals surface area contributed by atoms with Crippen LogP contribution in [0.1, 0.15) is 32.1 Å². The molecule has 1 rings (SSSR count). The van der Waals surface area contributed by atoms with Gasteiger partial charge in [-0.3, -0.25) is 4.29 Å². The molecule has 0 saturated heterocycles. The van der Waals surface area contributed by atoms with Crippen molar-refractivity contribution < 1.29 is 4.29 Å². The molecule has 10 heavy (non-hydrogen) atoms. The summed E-state index contributed by atoms with van der Waals surface area (Å²) in [6.45, 7) is 0. The highest BCUT2D eigenvalue weighted by Crippen LogP contribution is 2.31. The van der Waals surface area contributed by atoms with E-state index in [0.29, 0.717) is 5.92 Å². The second-order valence-corrected chi connectivity index (χ2v) is 4.24. The van der Waals surface area contributed by atoms with E-state index in [9.17, 15) is 0 Å². The molecule has 1 aliphatic rings. The molecule has 0 N–H and O–H groups in total. The SMILES string of the molecule is ClOC(I)C1CCCCC1. The minimum absolute atomic E-state index is 0.222. The molecule has 3 heteroatoms. The van der Waals surface area contributed by atoms with Crippen LogP contribution in [0.5, 0.6) is 0 Å². The van der Waals surface area contributed by atoms with E-state index >= 15 is 0 Å². The molecule has 1 unspecified atom stereocenters. The lowest BCUT2D eigenvalue weighted by Gasteiger charge is -2.23. The van der Waals surface area contributed by atoms with Crippen LogP contribution in [0, 0.1) is 5.92 Å². The van der Waals surface area contributed by atoms with Crippen LogP contribution in [-0.4, -0.2) is 4.11 Å². The highest BCUT2D eigenvalue weighted by Gasteiger charge is 2.21. The number of alkyl halides is 1. The monoisotopic (exact) mass is 274 g/mol. The Morgan fingerprint density at radius 2 is 1.90 bits per heavy atom. The summed E-state index contributed by atoms with van der Waals surface area (Å²) < 4.78 is 4.97. The van der Waals surface area contributed by atoms with Crippen molar-refractivity contribution in [1.29, 1.82) is 0 Å². The van der Waals surface area contributed by atoms with Crippen LogP contribution in [0.15, 0.2) is 0 Å². The fraction of sp³-hybridized carbons (Fsp3) is 1.00. The van der Waals surface area contributed by atoms with Gasteiger partial charge in [-0.1, -0.05) is 19.3 Å². The summed E-state index contributed by atoms with van der Waals surface area (Å²) in [5.74, 6) is 0.701. The molecule has 1 aliphatic carbocycles. The number of hydrogen-bond donors (Lipinski definition) is 0. The topological polar surface area (TPSA) is 9.23 Å². The molecule has 0 aliphatic heterocycles. The lowest BCUT2D eigenvalue weighted by atomic mass is 9.90. The quantitative estimate of drug-likeness (QED) is 0.553. The number of hydrogen-bond acceptors (Lipinski definition) is 1. The zero-order chi connectivity index (χ0) is 7.40. The third-order valence-electron chi connectivity index (χ3n) is 2.11. The van der Waals surface area contributed by atoms with Crippen LogP contribution in [0.25, 0.3) is 0 Å². The van der Waals surface area contributed by atoms with Crippen molar-refractivity contribution >= 4 is 34.5 Å². The van der Waals surface area contributed by atoms with Gasteiger partial charge in [0.15, 0.2) is 0 Å². The van der Waals surface area contributed by atoms with Crippen molar-refractivity contribution in [3.05, 3.63) is 0 Å². The molecule has 1 atom stereocenters. The van der Waals surface area contributed by atoms with E-state index in [-0.39, 0.29) is 4.11 Å². The zero-order valence-electron chi connectivity index (χ0n) is 5.85. The Balaban J connectivity index is 2.24. The van der Waals surface area contributed by atoms with Gasteiger partial charge in [-0.15, -0.1) is 0 Å². The first-order chi connectivity index (χ1) is 4.84. The van der Waals surface area contributed by atoms with Crippen molar-refractivity contribution in [3.8, 4) is 0 Å². The van der Waals surface area contributed by atoms with Crippen molar-refractivity contribution in [1.82, 2.24) is 0 Å². The van der Waals surface area contributed by atoms with Gasteiger partial charge in [0.25, 0.3) is 0 Å². The van der Waals surface area contributed by atoms with E-state index in [2.05, 4.69) is 22.6 Å². The molecule has 1 fully saturated rings. The first-order valence-corrected chi connectivity index (χ1v) is 5.31. The van der Waals surface area contributed by atoms with Gasteiger partial charge in [-0.2, -0.15) is 0 Å². The Morgan fingerprint density at radius 3 is 2.40 bits per heavy atom. The fourth-order valence-electron chi connectivity index (χ4n) is 1.47. The Morgan fingerprint density at radius 1 is 1.30 bits per heavy atom. The van der Waals surface area contributed by atoms with Gasteiger partial charge >= 0.3 is 0 Å². The molecule has 0 aromatic heterocycles. The lowest BCUT2D eigenvalue weighted by Crippen LogP contribution is -2.17. The lowest BCUT2D eigenvalue weighted by molar-refractivity contribution is 0.207. The van der Waals surface area contributed by atoms with E-state index in [1.807, 2.05) is 0 Å². The van der Waals surface area contributed by atoms with Gasteiger partial charge in [0.2, 0.25) is 0 Å². The van der Waals surface area contributed by atoms with Crippen LogP contribution in [-0.2, 0) is 4.29 Å². The van der Waals surface area contributed by atoms with Crippen molar-refractivity contribution in [2.45, 2.75) is 36.2 Å². The Kier molecular flexibility index (Phi) is 4.33. The standard InChI is InChI=1S/C7H12ClIO/c8-10-7(9)6-4-2-1-3-5-6/h6-7H,1-5H2. The number of rotatable bonds is 2. The third-order valence-corrected chi connectivity index (χ3v) is 3.87. The van der Waals surface area contributed by atoms with E-state index in [1.165, 1.54) is 32.1 Å². The van der Waals surface area contributed by atoms with Gasteiger partial charge < -0.3 is 0 Å². The molecule has 0 amide bonds. The molecule has 0 bridgehead atoms.